The first-order valence-corrected chi connectivity index (χ1v) is 5.34. The molecular weight excluding hydrogens is 192 g/mol. The summed E-state index contributed by atoms with van der Waals surface area (Å²) in [6.45, 7) is 10.5. The number of amides is 2. The molecule has 0 unspecified atom stereocenters. The van der Waals surface area contributed by atoms with Crippen molar-refractivity contribution in [2.24, 2.45) is 0 Å². The van der Waals surface area contributed by atoms with Crippen molar-refractivity contribution in [2.75, 3.05) is 13.1 Å². The van der Waals surface area contributed by atoms with Crippen LogP contribution in [0, 0.1) is 0 Å². The molecule has 0 rings (SSSR count). The molecule has 4 heteroatoms. The molecule has 0 heterocycles. The van der Waals surface area contributed by atoms with Gasteiger partial charge in [-0.05, 0) is 34.6 Å². The predicted octanol–water partition coefficient (Wildman–Crippen LogP) is 1.80. The Morgan fingerprint density at radius 2 is 1.80 bits per heavy atom. The van der Waals surface area contributed by atoms with Crippen molar-refractivity contribution in [3.8, 4) is 0 Å². The molecule has 0 radical (unpaired) electrons. The largest absolute Gasteiger partial charge is 0.338 e. The van der Waals surface area contributed by atoms with E-state index in [9.17, 15) is 9.59 Å². The third-order valence-electron chi connectivity index (χ3n) is 2.12. The number of carbonyl (C=O) groups is 2. The molecule has 0 spiro atoms. The maximum absolute atomic E-state index is 11.7. The van der Waals surface area contributed by atoms with E-state index in [1.165, 1.54) is 6.92 Å². The maximum Gasteiger partial charge on any atom is 0.317 e. The van der Waals surface area contributed by atoms with Crippen LogP contribution in [0.5, 0.6) is 0 Å². The second kappa shape index (κ2) is 5.73. The second-order valence-corrected chi connectivity index (χ2v) is 4.60. The summed E-state index contributed by atoms with van der Waals surface area (Å²) in [5.74, 6) is 0.0918. The summed E-state index contributed by atoms with van der Waals surface area (Å²) in [6, 6.07) is -0.105. The van der Waals surface area contributed by atoms with Crippen LogP contribution in [0.25, 0.3) is 0 Å². The van der Waals surface area contributed by atoms with Crippen LogP contribution in [0.15, 0.2) is 0 Å². The number of nitrogens with zero attached hydrogens (tertiary/aromatic N) is 1. The van der Waals surface area contributed by atoms with Gasteiger partial charge in [0.15, 0.2) is 0 Å². The number of urea groups is 1. The minimum atomic E-state index is -0.185. The predicted molar refractivity (Wildman–Crippen MR) is 60.8 cm³/mol. The molecule has 0 aromatic rings. The zero-order chi connectivity index (χ0) is 12.1. The Labute approximate surface area is 92.0 Å². The first-order chi connectivity index (χ1) is 6.79. The van der Waals surface area contributed by atoms with Crippen molar-refractivity contribution in [1.82, 2.24) is 10.2 Å². The van der Waals surface area contributed by atoms with Gasteiger partial charge in [-0.1, -0.05) is 0 Å². The molecule has 0 saturated carbocycles. The van der Waals surface area contributed by atoms with Gasteiger partial charge >= 0.3 is 6.03 Å². The van der Waals surface area contributed by atoms with Gasteiger partial charge in [0.1, 0.15) is 5.78 Å². The van der Waals surface area contributed by atoms with Gasteiger partial charge in [-0.2, -0.15) is 0 Å². The SMILES string of the molecule is CCN(C(=O)NCCC(C)=O)C(C)(C)C. The lowest BCUT2D eigenvalue weighted by Crippen LogP contribution is -2.50. The fourth-order valence-corrected chi connectivity index (χ4v) is 1.36. The highest BCUT2D eigenvalue weighted by Gasteiger charge is 2.24. The van der Waals surface area contributed by atoms with Crippen LogP contribution in [-0.4, -0.2) is 35.3 Å². The summed E-state index contributed by atoms with van der Waals surface area (Å²) < 4.78 is 0. The average Bonchev–Trinajstić information content (AvgIpc) is 2.01. The van der Waals surface area contributed by atoms with E-state index in [4.69, 9.17) is 0 Å². The molecule has 2 amide bonds. The van der Waals surface area contributed by atoms with E-state index >= 15 is 0 Å². The summed E-state index contributed by atoms with van der Waals surface area (Å²) in [7, 11) is 0. The Morgan fingerprint density at radius 3 is 2.13 bits per heavy atom. The standard InChI is InChI=1S/C11H22N2O2/c1-6-13(11(3,4)5)10(15)12-8-7-9(2)14/h6-8H2,1-5H3,(H,12,15). The minimum Gasteiger partial charge on any atom is -0.338 e. The lowest BCUT2D eigenvalue weighted by molar-refractivity contribution is -0.116. The Morgan fingerprint density at radius 1 is 1.27 bits per heavy atom. The normalized spacial score (nSPS) is 11.0. The van der Waals surface area contributed by atoms with E-state index in [-0.39, 0.29) is 17.4 Å². The molecule has 0 aliphatic carbocycles. The maximum atomic E-state index is 11.7. The topological polar surface area (TPSA) is 49.4 Å². The van der Waals surface area contributed by atoms with Crippen LogP contribution < -0.4 is 5.32 Å². The molecular formula is C11H22N2O2. The zero-order valence-corrected chi connectivity index (χ0v) is 10.4. The number of hydrogen-bond donors (Lipinski definition) is 1. The first kappa shape index (κ1) is 13.9. The van der Waals surface area contributed by atoms with Gasteiger partial charge in [0.25, 0.3) is 0 Å². The van der Waals surface area contributed by atoms with Crippen molar-refractivity contribution in [2.45, 2.75) is 46.6 Å². The first-order valence-electron chi connectivity index (χ1n) is 5.34. The van der Waals surface area contributed by atoms with Gasteiger partial charge in [0.2, 0.25) is 0 Å². The van der Waals surface area contributed by atoms with E-state index < -0.39 is 0 Å². The number of carbonyl (C=O) groups excluding carboxylic acids is 2. The molecule has 0 fully saturated rings. The molecule has 0 aromatic carbocycles. The highest BCUT2D eigenvalue weighted by molar-refractivity contribution is 5.78. The molecule has 1 N–H and O–H groups in total. The number of ketones is 1. The Bertz CT molecular complexity index is 231. The minimum absolute atomic E-state index is 0.0918. The summed E-state index contributed by atoms with van der Waals surface area (Å²) in [4.78, 5) is 24.1. The summed E-state index contributed by atoms with van der Waals surface area (Å²) in [5, 5.41) is 2.74. The molecule has 0 aromatic heterocycles. The fourth-order valence-electron chi connectivity index (χ4n) is 1.36. The Balaban J connectivity index is 4.12. The van der Waals surface area contributed by atoms with Crippen LogP contribution in [0.2, 0.25) is 0 Å². The van der Waals surface area contributed by atoms with Crippen LogP contribution in [-0.2, 0) is 4.79 Å². The van der Waals surface area contributed by atoms with Crippen molar-refractivity contribution < 1.29 is 9.59 Å². The fraction of sp³-hybridized carbons (Fsp3) is 0.818. The van der Waals surface area contributed by atoms with E-state index in [0.717, 1.165) is 0 Å². The van der Waals surface area contributed by atoms with Crippen molar-refractivity contribution in [3.63, 3.8) is 0 Å². The molecule has 0 aliphatic heterocycles. The highest BCUT2D eigenvalue weighted by Crippen LogP contribution is 2.12. The molecule has 15 heavy (non-hydrogen) atoms. The van der Waals surface area contributed by atoms with E-state index in [1.54, 1.807) is 4.90 Å². The van der Waals surface area contributed by atoms with Gasteiger partial charge in [0, 0.05) is 25.0 Å². The Hall–Kier alpha value is -1.06. The number of rotatable bonds is 4. The second-order valence-electron chi connectivity index (χ2n) is 4.60. The summed E-state index contributed by atoms with van der Waals surface area (Å²) >= 11 is 0. The van der Waals surface area contributed by atoms with E-state index in [2.05, 4.69) is 5.32 Å². The zero-order valence-electron chi connectivity index (χ0n) is 10.4. The van der Waals surface area contributed by atoms with Gasteiger partial charge < -0.3 is 10.2 Å². The highest BCUT2D eigenvalue weighted by atomic mass is 16.2. The molecule has 0 aliphatic rings. The summed E-state index contributed by atoms with van der Waals surface area (Å²) in [6.07, 6.45) is 0.396. The Kier molecular flexibility index (Phi) is 5.33. The van der Waals surface area contributed by atoms with Crippen molar-refractivity contribution in [1.29, 1.82) is 0 Å². The summed E-state index contributed by atoms with van der Waals surface area (Å²) in [5.41, 5.74) is -0.185. The van der Waals surface area contributed by atoms with Gasteiger partial charge in [0.05, 0.1) is 0 Å². The average molecular weight is 214 g/mol. The van der Waals surface area contributed by atoms with Crippen molar-refractivity contribution >= 4 is 11.8 Å². The lowest BCUT2D eigenvalue weighted by Gasteiger charge is -2.34. The molecule has 4 nitrogen and oxygen atoms in total. The van der Waals surface area contributed by atoms with Crippen LogP contribution in [0.1, 0.15) is 41.0 Å². The quantitative estimate of drug-likeness (QED) is 0.775. The third kappa shape index (κ3) is 5.40. The number of hydrogen-bond acceptors (Lipinski definition) is 2. The molecule has 0 saturated heterocycles. The smallest absolute Gasteiger partial charge is 0.317 e. The molecule has 0 bridgehead atoms. The number of nitrogens with one attached hydrogen (secondary N) is 1. The van der Waals surface area contributed by atoms with Gasteiger partial charge in [-0.25, -0.2) is 4.79 Å². The van der Waals surface area contributed by atoms with E-state index in [0.29, 0.717) is 19.5 Å². The molecule has 88 valence electrons. The van der Waals surface area contributed by atoms with Crippen LogP contribution in [0.3, 0.4) is 0 Å². The van der Waals surface area contributed by atoms with Crippen molar-refractivity contribution in [3.05, 3.63) is 0 Å². The van der Waals surface area contributed by atoms with E-state index in [1.807, 2.05) is 27.7 Å². The van der Waals surface area contributed by atoms with Gasteiger partial charge in [-0.15, -0.1) is 0 Å². The lowest BCUT2D eigenvalue weighted by atomic mass is 10.1. The van der Waals surface area contributed by atoms with Crippen LogP contribution in [0.4, 0.5) is 4.79 Å². The third-order valence-corrected chi connectivity index (χ3v) is 2.12. The molecule has 0 atom stereocenters. The number of Topliss-reactive ketones (excluding diaryl/α,β-unsaturated/α-hetero) is 1. The monoisotopic (exact) mass is 214 g/mol. The van der Waals surface area contributed by atoms with Gasteiger partial charge in [-0.3, -0.25) is 4.79 Å². The van der Waals surface area contributed by atoms with Crippen LogP contribution >= 0.6 is 0 Å².